The van der Waals surface area contributed by atoms with Crippen molar-refractivity contribution in [1.82, 2.24) is 0 Å². The SMILES string of the molecule is CCCC=CC=CCC=CC=CCCC=CCCCCCC(=O)O. The topological polar surface area (TPSA) is 37.3 Å². The molecule has 2 heteroatoms. The van der Waals surface area contributed by atoms with Crippen LogP contribution in [-0.4, -0.2) is 11.1 Å². The van der Waals surface area contributed by atoms with Gasteiger partial charge in [0.15, 0.2) is 0 Å². The molecule has 1 N–H and O–H groups in total. The van der Waals surface area contributed by atoms with E-state index in [-0.39, 0.29) is 0 Å². The van der Waals surface area contributed by atoms with Crippen LogP contribution in [0.4, 0.5) is 0 Å². The Morgan fingerprint density at radius 1 is 0.708 bits per heavy atom. The number of carboxylic acids is 1. The van der Waals surface area contributed by atoms with Crippen LogP contribution in [0.25, 0.3) is 0 Å². The minimum atomic E-state index is -0.689. The summed E-state index contributed by atoms with van der Waals surface area (Å²) in [6.07, 6.45) is 31.3. The summed E-state index contributed by atoms with van der Waals surface area (Å²) < 4.78 is 0. The van der Waals surface area contributed by atoms with Crippen molar-refractivity contribution >= 4 is 5.97 Å². The van der Waals surface area contributed by atoms with Crippen molar-refractivity contribution in [2.75, 3.05) is 0 Å². The fourth-order valence-electron chi connectivity index (χ4n) is 2.05. The van der Waals surface area contributed by atoms with Gasteiger partial charge >= 0.3 is 5.97 Å². The van der Waals surface area contributed by atoms with Gasteiger partial charge in [-0.2, -0.15) is 0 Å². The monoisotopic (exact) mass is 330 g/mol. The highest BCUT2D eigenvalue weighted by atomic mass is 16.4. The van der Waals surface area contributed by atoms with Crippen molar-refractivity contribution in [2.24, 2.45) is 0 Å². The average molecular weight is 331 g/mol. The van der Waals surface area contributed by atoms with Gasteiger partial charge in [-0.15, -0.1) is 0 Å². The Hall–Kier alpha value is -1.83. The summed E-state index contributed by atoms with van der Waals surface area (Å²) in [5.41, 5.74) is 0. The molecule has 24 heavy (non-hydrogen) atoms. The molecule has 0 aliphatic rings. The molecule has 0 rings (SSSR count). The van der Waals surface area contributed by atoms with Gasteiger partial charge in [0.2, 0.25) is 0 Å². The zero-order valence-electron chi connectivity index (χ0n) is 15.2. The lowest BCUT2D eigenvalue weighted by Gasteiger charge is -1.95. The zero-order chi connectivity index (χ0) is 17.7. The van der Waals surface area contributed by atoms with E-state index >= 15 is 0 Å². The summed E-state index contributed by atoms with van der Waals surface area (Å²) in [5, 5.41) is 8.53. The van der Waals surface area contributed by atoms with Crippen LogP contribution >= 0.6 is 0 Å². The predicted octanol–water partition coefficient (Wildman–Crippen LogP) is 6.77. The maximum absolute atomic E-state index is 10.4. The van der Waals surface area contributed by atoms with Gasteiger partial charge < -0.3 is 5.11 Å². The standard InChI is InChI=1S/C22H34O2/c1-2-3-4-5-6-7-8-9-10-11-12-13-14-15-16-17-18-19-20-21-22(23)24/h4-7,9-12,15-16H,2-3,8,13-14,17-21H2,1H3,(H,23,24). The van der Waals surface area contributed by atoms with E-state index in [1.807, 2.05) is 0 Å². The van der Waals surface area contributed by atoms with E-state index in [1.54, 1.807) is 0 Å². The van der Waals surface area contributed by atoms with Crippen LogP contribution in [0.3, 0.4) is 0 Å². The van der Waals surface area contributed by atoms with Crippen LogP contribution in [0.5, 0.6) is 0 Å². The van der Waals surface area contributed by atoms with E-state index in [0.29, 0.717) is 6.42 Å². The molecule has 0 saturated carbocycles. The number of rotatable bonds is 15. The summed E-state index contributed by atoms with van der Waals surface area (Å²) in [7, 11) is 0. The van der Waals surface area contributed by atoms with E-state index in [9.17, 15) is 4.79 Å². The minimum Gasteiger partial charge on any atom is -0.481 e. The Kier molecular flexibility index (Phi) is 17.8. The summed E-state index contributed by atoms with van der Waals surface area (Å²) >= 11 is 0. The van der Waals surface area contributed by atoms with Gasteiger partial charge in [-0.05, 0) is 44.9 Å². The van der Waals surface area contributed by atoms with Crippen molar-refractivity contribution in [3.05, 3.63) is 60.8 Å². The van der Waals surface area contributed by atoms with Crippen LogP contribution in [-0.2, 0) is 4.79 Å². The van der Waals surface area contributed by atoms with Gasteiger partial charge in [0.05, 0.1) is 0 Å². The molecule has 0 aliphatic heterocycles. The van der Waals surface area contributed by atoms with E-state index in [2.05, 4.69) is 67.7 Å². The summed E-state index contributed by atoms with van der Waals surface area (Å²) in [5.74, 6) is -0.689. The third-order valence-electron chi connectivity index (χ3n) is 3.42. The molecule has 0 aromatic carbocycles. The molecule has 0 atom stereocenters. The second-order valence-corrected chi connectivity index (χ2v) is 5.78. The fourth-order valence-corrected chi connectivity index (χ4v) is 2.05. The van der Waals surface area contributed by atoms with E-state index in [1.165, 1.54) is 6.42 Å². The van der Waals surface area contributed by atoms with Crippen LogP contribution in [0.15, 0.2) is 60.8 Å². The number of aliphatic carboxylic acids is 1. The Morgan fingerprint density at radius 3 is 1.96 bits per heavy atom. The van der Waals surface area contributed by atoms with E-state index < -0.39 is 5.97 Å². The third kappa shape index (κ3) is 20.2. The molecule has 0 aromatic heterocycles. The van der Waals surface area contributed by atoms with Crippen LogP contribution in [0, 0.1) is 0 Å². The highest BCUT2D eigenvalue weighted by molar-refractivity contribution is 5.66. The molecular formula is C22H34O2. The molecule has 0 spiro atoms. The third-order valence-corrected chi connectivity index (χ3v) is 3.42. The summed E-state index contributed by atoms with van der Waals surface area (Å²) in [6.45, 7) is 2.18. The molecule has 0 aromatic rings. The molecule has 134 valence electrons. The molecule has 0 unspecified atom stereocenters. The van der Waals surface area contributed by atoms with Crippen LogP contribution in [0.1, 0.15) is 71.1 Å². The second kappa shape index (κ2) is 19.2. The predicted molar refractivity (Wildman–Crippen MR) is 105 cm³/mol. The first kappa shape index (κ1) is 22.2. The maximum atomic E-state index is 10.4. The minimum absolute atomic E-state index is 0.299. The van der Waals surface area contributed by atoms with Gasteiger partial charge in [0.25, 0.3) is 0 Å². The largest absolute Gasteiger partial charge is 0.481 e. The van der Waals surface area contributed by atoms with Crippen molar-refractivity contribution in [3.63, 3.8) is 0 Å². The van der Waals surface area contributed by atoms with Crippen LogP contribution < -0.4 is 0 Å². The van der Waals surface area contributed by atoms with Gasteiger partial charge in [-0.3, -0.25) is 4.79 Å². The van der Waals surface area contributed by atoms with E-state index in [0.717, 1.165) is 51.4 Å². The number of hydrogen-bond acceptors (Lipinski definition) is 1. The molecule has 0 aliphatic carbocycles. The molecule has 0 bridgehead atoms. The normalized spacial score (nSPS) is 12.7. The lowest BCUT2D eigenvalue weighted by molar-refractivity contribution is -0.137. The van der Waals surface area contributed by atoms with Crippen molar-refractivity contribution in [1.29, 1.82) is 0 Å². The molecule has 2 nitrogen and oxygen atoms in total. The first-order valence-electron chi connectivity index (χ1n) is 9.27. The van der Waals surface area contributed by atoms with E-state index in [4.69, 9.17) is 5.11 Å². The maximum Gasteiger partial charge on any atom is 0.303 e. The van der Waals surface area contributed by atoms with Crippen molar-refractivity contribution < 1.29 is 9.90 Å². The molecule has 0 radical (unpaired) electrons. The van der Waals surface area contributed by atoms with Gasteiger partial charge in [-0.25, -0.2) is 0 Å². The molecule has 0 saturated heterocycles. The quantitative estimate of drug-likeness (QED) is 0.204. The number of carbonyl (C=O) groups is 1. The first-order chi connectivity index (χ1) is 11.8. The Morgan fingerprint density at radius 2 is 1.29 bits per heavy atom. The second-order valence-electron chi connectivity index (χ2n) is 5.78. The lowest BCUT2D eigenvalue weighted by atomic mass is 10.1. The molecule has 0 heterocycles. The molecule has 0 fully saturated rings. The first-order valence-corrected chi connectivity index (χ1v) is 9.27. The number of allylic oxidation sites excluding steroid dienone is 10. The Bertz CT molecular complexity index is 425. The van der Waals surface area contributed by atoms with Crippen LogP contribution in [0.2, 0.25) is 0 Å². The van der Waals surface area contributed by atoms with Crippen molar-refractivity contribution in [2.45, 2.75) is 71.1 Å². The van der Waals surface area contributed by atoms with Gasteiger partial charge in [0.1, 0.15) is 0 Å². The fraction of sp³-hybridized carbons (Fsp3) is 0.500. The summed E-state index contributed by atoms with van der Waals surface area (Å²) in [4.78, 5) is 10.4. The number of hydrogen-bond donors (Lipinski definition) is 1. The van der Waals surface area contributed by atoms with Gasteiger partial charge in [-0.1, -0.05) is 80.5 Å². The number of carboxylic acid groups (broad SMARTS) is 1. The number of unbranched alkanes of at least 4 members (excludes halogenated alkanes) is 5. The lowest BCUT2D eigenvalue weighted by Crippen LogP contribution is -1.93. The smallest absolute Gasteiger partial charge is 0.303 e. The highest BCUT2D eigenvalue weighted by Gasteiger charge is 1.94. The summed E-state index contributed by atoms with van der Waals surface area (Å²) in [6, 6.07) is 0. The zero-order valence-corrected chi connectivity index (χ0v) is 15.2. The highest BCUT2D eigenvalue weighted by Crippen LogP contribution is 2.04. The van der Waals surface area contributed by atoms with Gasteiger partial charge in [0, 0.05) is 6.42 Å². The Balaban J connectivity index is 3.43. The average Bonchev–Trinajstić information content (AvgIpc) is 2.56. The molecule has 0 amide bonds. The Labute approximate surface area is 148 Å². The van der Waals surface area contributed by atoms with Crippen molar-refractivity contribution in [3.8, 4) is 0 Å². The molecular weight excluding hydrogens is 296 g/mol.